The molecule has 3 nitrogen and oxygen atoms in total. The first kappa shape index (κ1) is 14.8. The molecule has 2 rings (SSSR count). The van der Waals surface area contributed by atoms with Crippen LogP contribution in [0.25, 0.3) is 0 Å². The molecule has 0 saturated carbocycles. The maximum atomic E-state index is 12.0. The highest BCUT2D eigenvalue weighted by molar-refractivity contribution is 5.82. The van der Waals surface area contributed by atoms with Gasteiger partial charge in [0.05, 0.1) is 6.04 Å². The van der Waals surface area contributed by atoms with Gasteiger partial charge in [-0.05, 0) is 24.0 Å². The van der Waals surface area contributed by atoms with Gasteiger partial charge in [0.2, 0.25) is 5.91 Å². The molecule has 1 aliphatic rings. The topological polar surface area (TPSA) is 41.1 Å². The molecule has 1 heterocycles. The molecule has 1 aliphatic heterocycles. The van der Waals surface area contributed by atoms with E-state index < -0.39 is 12.6 Å². The normalized spacial score (nSPS) is 18.4. The summed E-state index contributed by atoms with van der Waals surface area (Å²) in [4.78, 5) is 11.9. The van der Waals surface area contributed by atoms with E-state index in [2.05, 4.69) is 10.6 Å². The molecule has 0 spiro atoms. The van der Waals surface area contributed by atoms with Crippen molar-refractivity contribution in [2.75, 3.05) is 6.54 Å². The van der Waals surface area contributed by atoms with Crippen LogP contribution in [-0.2, 0) is 17.8 Å². The Hall–Kier alpha value is -1.56. The standard InChI is InChI=1S/C14H17F3N2O/c15-14(16,17)6-3-7-18-13(20)12-8-10-4-1-2-5-11(10)9-19-12/h1-2,4-5,12,19H,3,6-9H2,(H,18,20)/t12-/m1/s1. The van der Waals surface area contributed by atoms with Crippen LogP contribution in [0.5, 0.6) is 0 Å². The fourth-order valence-corrected chi connectivity index (χ4v) is 2.26. The minimum absolute atomic E-state index is 0.0537. The summed E-state index contributed by atoms with van der Waals surface area (Å²) in [5.74, 6) is -0.235. The lowest BCUT2D eigenvalue weighted by Gasteiger charge is -2.25. The van der Waals surface area contributed by atoms with Crippen LogP contribution < -0.4 is 10.6 Å². The molecule has 2 N–H and O–H groups in total. The number of halogens is 3. The lowest BCUT2D eigenvalue weighted by molar-refractivity contribution is -0.136. The average molecular weight is 286 g/mol. The molecule has 1 aromatic rings. The highest BCUT2D eigenvalue weighted by Crippen LogP contribution is 2.20. The minimum atomic E-state index is -4.16. The van der Waals surface area contributed by atoms with E-state index in [0.29, 0.717) is 13.0 Å². The molecule has 6 heteroatoms. The molecule has 1 amide bonds. The van der Waals surface area contributed by atoms with E-state index in [1.165, 1.54) is 0 Å². The first-order valence-electron chi connectivity index (χ1n) is 6.60. The molecule has 0 bridgehead atoms. The molecule has 0 radical (unpaired) electrons. The van der Waals surface area contributed by atoms with Crippen LogP contribution in [0.2, 0.25) is 0 Å². The van der Waals surface area contributed by atoms with Gasteiger partial charge in [-0.2, -0.15) is 13.2 Å². The average Bonchev–Trinajstić information content (AvgIpc) is 2.42. The molecule has 1 atom stereocenters. The van der Waals surface area contributed by atoms with Crippen LogP contribution >= 0.6 is 0 Å². The fourth-order valence-electron chi connectivity index (χ4n) is 2.26. The lowest BCUT2D eigenvalue weighted by atomic mass is 9.95. The molecule has 110 valence electrons. The van der Waals surface area contributed by atoms with Crippen LogP contribution in [0.3, 0.4) is 0 Å². The number of benzene rings is 1. The second-order valence-corrected chi connectivity index (χ2v) is 4.92. The van der Waals surface area contributed by atoms with Crippen molar-refractivity contribution in [3.63, 3.8) is 0 Å². The second kappa shape index (κ2) is 6.26. The lowest BCUT2D eigenvalue weighted by Crippen LogP contribution is -2.47. The van der Waals surface area contributed by atoms with Crippen molar-refractivity contribution in [3.8, 4) is 0 Å². The Labute approximate surface area is 115 Å². The zero-order valence-corrected chi connectivity index (χ0v) is 11.0. The Balaban J connectivity index is 1.77. The van der Waals surface area contributed by atoms with Crippen LogP contribution in [-0.4, -0.2) is 24.7 Å². The fraction of sp³-hybridized carbons (Fsp3) is 0.500. The number of hydrogen-bond donors (Lipinski definition) is 2. The van der Waals surface area contributed by atoms with Gasteiger partial charge in [0.25, 0.3) is 0 Å². The maximum Gasteiger partial charge on any atom is 0.389 e. The first-order valence-corrected chi connectivity index (χ1v) is 6.60. The quantitative estimate of drug-likeness (QED) is 0.833. The van der Waals surface area contributed by atoms with E-state index in [1.54, 1.807) is 0 Å². The van der Waals surface area contributed by atoms with Crippen molar-refractivity contribution in [1.82, 2.24) is 10.6 Å². The molecule has 0 fully saturated rings. The number of alkyl halides is 3. The molecular weight excluding hydrogens is 269 g/mol. The molecule has 0 aromatic heterocycles. The predicted octanol–water partition coefficient (Wildman–Crippen LogP) is 2.16. The number of amides is 1. The first-order chi connectivity index (χ1) is 9.46. The van der Waals surface area contributed by atoms with Gasteiger partial charge >= 0.3 is 6.18 Å². The van der Waals surface area contributed by atoms with Gasteiger partial charge in [0, 0.05) is 19.5 Å². The highest BCUT2D eigenvalue weighted by atomic mass is 19.4. The Morgan fingerprint density at radius 3 is 2.70 bits per heavy atom. The molecular formula is C14H17F3N2O. The summed E-state index contributed by atoms with van der Waals surface area (Å²) in [6.45, 7) is 0.662. The van der Waals surface area contributed by atoms with Gasteiger partial charge in [-0.25, -0.2) is 0 Å². The summed E-state index contributed by atoms with van der Waals surface area (Å²) < 4.78 is 35.9. The zero-order chi connectivity index (χ0) is 14.6. The molecule has 1 aromatic carbocycles. The third kappa shape index (κ3) is 4.23. The Morgan fingerprint density at radius 2 is 2.00 bits per heavy atom. The number of rotatable bonds is 4. The van der Waals surface area contributed by atoms with E-state index >= 15 is 0 Å². The van der Waals surface area contributed by atoms with Crippen molar-refractivity contribution in [2.24, 2.45) is 0 Å². The van der Waals surface area contributed by atoms with E-state index in [1.807, 2.05) is 24.3 Å². The van der Waals surface area contributed by atoms with Gasteiger partial charge in [0.15, 0.2) is 0 Å². The second-order valence-electron chi connectivity index (χ2n) is 4.92. The maximum absolute atomic E-state index is 12.0. The highest BCUT2D eigenvalue weighted by Gasteiger charge is 2.27. The summed E-state index contributed by atoms with van der Waals surface area (Å²) in [5.41, 5.74) is 2.27. The summed E-state index contributed by atoms with van der Waals surface area (Å²) in [6, 6.07) is 7.47. The van der Waals surface area contributed by atoms with Crippen LogP contribution in [0.15, 0.2) is 24.3 Å². The zero-order valence-electron chi connectivity index (χ0n) is 11.0. The number of carbonyl (C=O) groups is 1. The third-order valence-corrected chi connectivity index (χ3v) is 3.33. The van der Waals surface area contributed by atoms with Gasteiger partial charge in [-0.1, -0.05) is 24.3 Å². The van der Waals surface area contributed by atoms with Crippen LogP contribution in [0.4, 0.5) is 13.2 Å². The smallest absolute Gasteiger partial charge is 0.355 e. The molecule has 0 saturated heterocycles. The summed E-state index contributed by atoms with van der Waals surface area (Å²) in [7, 11) is 0. The van der Waals surface area contributed by atoms with Gasteiger partial charge in [-0.3, -0.25) is 4.79 Å². The summed E-state index contributed by atoms with van der Waals surface area (Å²) in [6.07, 6.45) is -4.54. The van der Waals surface area contributed by atoms with Crippen LogP contribution in [0, 0.1) is 0 Å². The monoisotopic (exact) mass is 286 g/mol. The predicted molar refractivity (Wildman–Crippen MR) is 69.1 cm³/mol. The SMILES string of the molecule is O=C(NCCCC(F)(F)F)[C@H]1Cc2ccccc2CN1. The third-order valence-electron chi connectivity index (χ3n) is 3.33. The number of carbonyl (C=O) groups excluding carboxylic acids is 1. The Bertz CT molecular complexity index is 474. The van der Waals surface area contributed by atoms with Crippen molar-refractivity contribution in [2.45, 2.75) is 38.0 Å². The number of nitrogens with one attached hydrogen (secondary N) is 2. The molecule has 0 aliphatic carbocycles. The molecule has 20 heavy (non-hydrogen) atoms. The summed E-state index contributed by atoms with van der Waals surface area (Å²) >= 11 is 0. The molecule has 0 unspecified atom stereocenters. The summed E-state index contributed by atoms with van der Waals surface area (Å²) in [5, 5.41) is 5.65. The van der Waals surface area contributed by atoms with Crippen molar-refractivity contribution < 1.29 is 18.0 Å². The Kier molecular flexibility index (Phi) is 4.65. The Morgan fingerprint density at radius 1 is 1.30 bits per heavy atom. The number of hydrogen-bond acceptors (Lipinski definition) is 2. The van der Waals surface area contributed by atoms with E-state index in [4.69, 9.17) is 0 Å². The van der Waals surface area contributed by atoms with Gasteiger partial charge in [0.1, 0.15) is 0 Å². The van der Waals surface area contributed by atoms with E-state index in [9.17, 15) is 18.0 Å². The van der Waals surface area contributed by atoms with Crippen molar-refractivity contribution >= 4 is 5.91 Å². The largest absolute Gasteiger partial charge is 0.389 e. The van der Waals surface area contributed by atoms with Gasteiger partial charge < -0.3 is 10.6 Å². The van der Waals surface area contributed by atoms with Gasteiger partial charge in [-0.15, -0.1) is 0 Å². The minimum Gasteiger partial charge on any atom is -0.355 e. The van der Waals surface area contributed by atoms with E-state index in [0.717, 1.165) is 11.1 Å². The van der Waals surface area contributed by atoms with Crippen molar-refractivity contribution in [3.05, 3.63) is 35.4 Å². The van der Waals surface area contributed by atoms with E-state index in [-0.39, 0.29) is 24.9 Å². The van der Waals surface area contributed by atoms with Crippen molar-refractivity contribution in [1.29, 1.82) is 0 Å². The number of fused-ring (bicyclic) bond motifs is 1. The van der Waals surface area contributed by atoms with Crippen LogP contribution in [0.1, 0.15) is 24.0 Å².